The van der Waals surface area contributed by atoms with Crippen molar-refractivity contribution in [3.63, 3.8) is 0 Å². The van der Waals surface area contributed by atoms with Crippen molar-refractivity contribution in [2.45, 2.75) is 0 Å². The highest BCUT2D eigenvalue weighted by Gasteiger charge is 2.18. The van der Waals surface area contributed by atoms with Crippen LogP contribution in [0.2, 0.25) is 0 Å². The molecule has 208 valence electrons. The van der Waals surface area contributed by atoms with Gasteiger partial charge in [-0.3, -0.25) is 4.98 Å². The normalized spacial score (nSPS) is 11.2. The third kappa shape index (κ3) is 4.61. The summed E-state index contributed by atoms with van der Waals surface area (Å²) in [5.41, 5.74) is 5.58. The molecule has 3 heteroatoms. The number of aromatic nitrogens is 1. The highest BCUT2D eigenvalue weighted by molar-refractivity contribution is 6.17. The Kier molecular flexibility index (Phi) is 6.47. The maximum atomic E-state index is 6.77. The summed E-state index contributed by atoms with van der Waals surface area (Å²) < 4.78 is 6.77. The fourth-order valence-corrected chi connectivity index (χ4v) is 6.13. The molecular formula is C41H28N2O. The number of rotatable bonds is 6. The molecule has 0 saturated heterocycles. The van der Waals surface area contributed by atoms with Crippen LogP contribution in [0.5, 0.6) is 11.5 Å². The first-order valence-corrected chi connectivity index (χ1v) is 14.8. The molecule has 7 aromatic carbocycles. The number of nitrogens with zero attached hydrogens (tertiary/aromatic N) is 2. The molecule has 0 spiro atoms. The molecule has 0 aliphatic rings. The SMILES string of the molecule is c1ccc(N(c2ccccc2)c2ccc(Oc3c4ccccc4c(-c4ccc5ccccc5c4)c4cnccc34)cc2)cc1. The van der Waals surface area contributed by atoms with Crippen molar-refractivity contribution in [1.82, 2.24) is 4.98 Å². The largest absolute Gasteiger partial charge is 0.456 e. The van der Waals surface area contributed by atoms with E-state index in [-0.39, 0.29) is 0 Å². The number of para-hydroxylation sites is 2. The van der Waals surface area contributed by atoms with E-state index in [1.165, 1.54) is 16.3 Å². The predicted molar refractivity (Wildman–Crippen MR) is 183 cm³/mol. The first-order chi connectivity index (χ1) is 21.8. The van der Waals surface area contributed by atoms with Gasteiger partial charge in [0.2, 0.25) is 0 Å². The Labute approximate surface area is 256 Å². The average molecular weight is 565 g/mol. The number of pyridine rings is 1. The molecular weight excluding hydrogens is 536 g/mol. The molecule has 8 aromatic rings. The zero-order chi connectivity index (χ0) is 29.3. The van der Waals surface area contributed by atoms with Gasteiger partial charge in [0, 0.05) is 45.6 Å². The number of hydrogen-bond donors (Lipinski definition) is 0. The molecule has 0 radical (unpaired) electrons. The van der Waals surface area contributed by atoms with E-state index >= 15 is 0 Å². The number of fused-ring (bicyclic) bond motifs is 3. The first kappa shape index (κ1) is 25.8. The van der Waals surface area contributed by atoms with Crippen LogP contribution < -0.4 is 9.64 Å². The Morgan fingerprint density at radius 1 is 0.455 bits per heavy atom. The summed E-state index contributed by atoms with van der Waals surface area (Å²) in [5, 5.41) is 6.73. The molecule has 0 aliphatic carbocycles. The number of ether oxygens (including phenoxy) is 1. The summed E-state index contributed by atoms with van der Waals surface area (Å²) in [6, 6.07) is 54.9. The standard InChI is InChI=1S/C41H28N2O/c1-3-13-32(14-4-1)43(33-15-5-2-6-16-33)34-21-23-35(24-22-34)44-41-37-18-10-9-17-36(37)40(39-28-42-26-25-38(39)41)31-20-19-29-11-7-8-12-30(29)27-31/h1-28H. The minimum absolute atomic E-state index is 0.775. The van der Waals surface area contributed by atoms with Crippen molar-refractivity contribution in [3.8, 4) is 22.6 Å². The van der Waals surface area contributed by atoms with E-state index < -0.39 is 0 Å². The third-order valence-electron chi connectivity index (χ3n) is 8.16. The van der Waals surface area contributed by atoms with Crippen molar-refractivity contribution < 1.29 is 4.74 Å². The van der Waals surface area contributed by atoms with Crippen LogP contribution in [0.25, 0.3) is 43.4 Å². The fraction of sp³-hybridized carbons (Fsp3) is 0. The Hall–Kier alpha value is -5.93. The molecule has 0 saturated carbocycles. The third-order valence-corrected chi connectivity index (χ3v) is 8.16. The molecule has 0 aliphatic heterocycles. The van der Waals surface area contributed by atoms with Gasteiger partial charge in [0.15, 0.2) is 0 Å². The van der Waals surface area contributed by atoms with Crippen LogP contribution in [0.3, 0.4) is 0 Å². The summed E-state index contributed by atoms with van der Waals surface area (Å²) in [6.07, 6.45) is 3.80. The monoisotopic (exact) mass is 564 g/mol. The quantitative estimate of drug-likeness (QED) is 0.188. The van der Waals surface area contributed by atoms with Gasteiger partial charge in [-0.15, -0.1) is 0 Å². The summed E-state index contributed by atoms with van der Waals surface area (Å²) in [7, 11) is 0. The van der Waals surface area contributed by atoms with E-state index in [9.17, 15) is 0 Å². The van der Waals surface area contributed by atoms with E-state index in [0.717, 1.165) is 55.7 Å². The smallest absolute Gasteiger partial charge is 0.143 e. The minimum atomic E-state index is 0.775. The molecule has 0 amide bonds. The Morgan fingerprint density at radius 2 is 1.05 bits per heavy atom. The molecule has 0 bridgehead atoms. The number of hydrogen-bond acceptors (Lipinski definition) is 3. The Balaban J connectivity index is 1.24. The Bertz CT molecular complexity index is 2150. The summed E-state index contributed by atoms with van der Waals surface area (Å²) in [4.78, 5) is 6.79. The van der Waals surface area contributed by atoms with Gasteiger partial charge in [0.05, 0.1) is 0 Å². The van der Waals surface area contributed by atoms with Gasteiger partial charge in [-0.1, -0.05) is 97.1 Å². The van der Waals surface area contributed by atoms with E-state index in [4.69, 9.17) is 4.74 Å². The van der Waals surface area contributed by atoms with Crippen LogP contribution >= 0.6 is 0 Å². The lowest BCUT2D eigenvalue weighted by molar-refractivity contribution is 0.494. The van der Waals surface area contributed by atoms with E-state index in [0.29, 0.717) is 0 Å². The van der Waals surface area contributed by atoms with E-state index in [1.54, 1.807) is 0 Å². The number of anilines is 3. The van der Waals surface area contributed by atoms with Gasteiger partial charge in [0.25, 0.3) is 0 Å². The zero-order valence-corrected chi connectivity index (χ0v) is 24.0. The molecule has 1 aromatic heterocycles. The number of benzene rings is 7. The second-order valence-corrected chi connectivity index (χ2v) is 10.8. The van der Waals surface area contributed by atoms with Crippen LogP contribution in [0.15, 0.2) is 170 Å². The van der Waals surface area contributed by atoms with Gasteiger partial charge >= 0.3 is 0 Å². The molecule has 0 atom stereocenters. The maximum absolute atomic E-state index is 6.77. The molecule has 0 unspecified atom stereocenters. The fourth-order valence-electron chi connectivity index (χ4n) is 6.13. The van der Waals surface area contributed by atoms with Crippen LogP contribution in [0, 0.1) is 0 Å². The molecule has 0 N–H and O–H groups in total. The van der Waals surface area contributed by atoms with Crippen LogP contribution in [-0.4, -0.2) is 4.98 Å². The minimum Gasteiger partial charge on any atom is -0.456 e. The lowest BCUT2D eigenvalue weighted by atomic mass is 9.91. The highest BCUT2D eigenvalue weighted by Crippen LogP contribution is 2.45. The van der Waals surface area contributed by atoms with Crippen molar-refractivity contribution in [2.75, 3.05) is 4.90 Å². The predicted octanol–water partition coefficient (Wildman–Crippen LogP) is 11.5. The van der Waals surface area contributed by atoms with Gasteiger partial charge < -0.3 is 9.64 Å². The first-order valence-electron chi connectivity index (χ1n) is 14.8. The second-order valence-electron chi connectivity index (χ2n) is 10.8. The van der Waals surface area contributed by atoms with Crippen molar-refractivity contribution >= 4 is 49.4 Å². The average Bonchev–Trinajstić information content (AvgIpc) is 3.10. The highest BCUT2D eigenvalue weighted by atomic mass is 16.5. The van der Waals surface area contributed by atoms with Crippen molar-refractivity contribution in [3.05, 3.63) is 170 Å². The van der Waals surface area contributed by atoms with Crippen LogP contribution in [0.4, 0.5) is 17.1 Å². The summed E-state index contributed by atoms with van der Waals surface area (Å²) in [5.74, 6) is 1.61. The molecule has 0 fully saturated rings. The van der Waals surface area contributed by atoms with Crippen LogP contribution in [-0.2, 0) is 0 Å². The lowest BCUT2D eigenvalue weighted by Gasteiger charge is -2.25. The van der Waals surface area contributed by atoms with Crippen LogP contribution in [0.1, 0.15) is 0 Å². The van der Waals surface area contributed by atoms with E-state index in [2.05, 4.69) is 143 Å². The van der Waals surface area contributed by atoms with E-state index in [1.807, 2.05) is 36.7 Å². The molecule has 1 heterocycles. The zero-order valence-electron chi connectivity index (χ0n) is 24.0. The van der Waals surface area contributed by atoms with Crippen molar-refractivity contribution in [2.24, 2.45) is 0 Å². The topological polar surface area (TPSA) is 25.4 Å². The molecule has 3 nitrogen and oxygen atoms in total. The van der Waals surface area contributed by atoms with Gasteiger partial charge in [-0.05, 0) is 87.9 Å². The molecule has 8 rings (SSSR count). The van der Waals surface area contributed by atoms with Gasteiger partial charge in [-0.25, -0.2) is 0 Å². The summed E-state index contributed by atoms with van der Waals surface area (Å²) >= 11 is 0. The lowest BCUT2D eigenvalue weighted by Crippen LogP contribution is -2.09. The van der Waals surface area contributed by atoms with Gasteiger partial charge in [0.1, 0.15) is 11.5 Å². The second kappa shape index (κ2) is 11.0. The Morgan fingerprint density at radius 3 is 1.77 bits per heavy atom. The maximum Gasteiger partial charge on any atom is 0.143 e. The molecule has 44 heavy (non-hydrogen) atoms. The van der Waals surface area contributed by atoms with Gasteiger partial charge in [-0.2, -0.15) is 0 Å². The summed E-state index contributed by atoms with van der Waals surface area (Å²) in [6.45, 7) is 0. The van der Waals surface area contributed by atoms with Crippen molar-refractivity contribution in [1.29, 1.82) is 0 Å².